The molecule has 2 nitrogen and oxygen atoms in total. The average molecular weight is 251 g/mol. The number of halogens is 1. The van der Waals surface area contributed by atoms with E-state index in [-0.39, 0.29) is 5.82 Å². The van der Waals surface area contributed by atoms with Crippen molar-refractivity contribution >= 4 is 0 Å². The minimum absolute atomic E-state index is 0.237. The van der Waals surface area contributed by atoms with Crippen LogP contribution in [0, 0.1) is 11.7 Å². The predicted molar refractivity (Wildman–Crippen MR) is 71.2 cm³/mol. The second-order valence-electron chi connectivity index (χ2n) is 5.12. The van der Waals surface area contributed by atoms with Crippen LogP contribution in [0.2, 0.25) is 0 Å². The second kappa shape index (κ2) is 6.74. The van der Waals surface area contributed by atoms with E-state index >= 15 is 0 Å². The summed E-state index contributed by atoms with van der Waals surface area (Å²) in [6, 6.07) is 5.30. The Bertz CT molecular complexity index is 377. The molecule has 0 bridgehead atoms. The Balaban J connectivity index is 1.83. The van der Waals surface area contributed by atoms with E-state index in [1.165, 1.54) is 19.3 Å². The SMILES string of the molecule is NCCCCc1ccc(OCC2CCC2)c(F)c1. The van der Waals surface area contributed by atoms with Gasteiger partial charge in [0.25, 0.3) is 0 Å². The molecular formula is C15H22FNO. The van der Waals surface area contributed by atoms with Crippen LogP contribution < -0.4 is 10.5 Å². The fourth-order valence-corrected chi connectivity index (χ4v) is 2.16. The number of ether oxygens (including phenoxy) is 1. The summed E-state index contributed by atoms with van der Waals surface area (Å²) in [5, 5.41) is 0. The van der Waals surface area contributed by atoms with E-state index in [9.17, 15) is 4.39 Å². The minimum atomic E-state index is -0.237. The monoisotopic (exact) mass is 251 g/mol. The van der Waals surface area contributed by atoms with Gasteiger partial charge in [0.1, 0.15) is 0 Å². The Kier molecular flexibility index (Phi) is 5.00. The summed E-state index contributed by atoms with van der Waals surface area (Å²) in [6.45, 7) is 1.36. The van der Waals surface area contributed by atoms with Gasteiger partial charge in [0.15, 0.2) is 11.6 Å². The highest BCUT2D eigenvalue weighted by atomic mass is 19.1. The molecular weight excluding hydrogens is 229 g/mol. The molecule has 1 aliphatic rings. The summed E-state index contributed by atoms with van der Waals surface area (Å²) >= 11 is 0. The van der Waals surface area contributed by atoms with E-state index in [1.54, 1.807) is 12.1 Å². The summed E-state index contributed by atoms with van der Waals surface area (Å²) in [5.74, 6) is 0.790. The number of aryl methyl sites for hydroxylation is 1. The molecule has 1 aromatic carbocycles. The van der Waals surface area contributed by atoms with Gasteiger partial charge in [-0.25, -0.2) is 4.39 Å². The lowest BCUT2D eigenvalue weighted by atomic mass is 9.86. The number of unbranched alkanes of at least 4 members (excludes halogenated alkanes) is 1. The van der Waals surface area contributed by atoms with Crippen LogP contribution in [0.5, 0.6) is 5.75 Å². The van der Waals surface area contributed by atoms with Crippen LogP contribution in [-0.2, 0) is 6.42 Å². The van der Waals surface area contributed by atoms with E-state index in [0.29, 0.717) is 24.8 Å². The molecule has 0 radical (unpaired) electrons. The number of hydrogen-bond acceptors (Lipinski definition) is 2. The van der Waals surface area contributed by atoms with Crippen molar-refractivity contribution in [2.75, 3.05) is 13.2 Å². The quantitative estimate of drug-likeness (QED) is 0.755. The number of hydrogen-bond donors (Lipinski definition) is 1. The summed E-state index contributed by atoms with van der Waals surface area (Å²) in [5.41, 5.74) is 6.46. The van der Waals surface area contributed by atoms with Crippen LogP contribution in [0.1, 0.15) is 37.7 Å². The Hall–Kier alpha value is -1.09. The number of rotatable bonds is 7. The van der Waals surface area contributed by atoms with Crippen molar-refractivity contribution in [2.45, 2.75) is 38.5 Å². The van der Waals surface area contributed by atoms with Gasteiger partial charge in [0.05, 0.1) is 6.61 Å². The fraction of sp³-hybridized carbons (Fsp3) is 0.600. The van der Waals surface area contributed by atoms with Crippen molar-refractivity contribution in [3.05, 3.63) is 29.6 Å². The Labute approximate surface area is 108 Å². The summed E-state index contributed by atoms with van der Waals surface area (Å²) in [7, 11) is 0. The van der Waals surface area contributed by atoms with Crippen LogP contribution in [0.15, 0.2) is 18.2 Å². The third-order valence-corrected chi connectivity index (χ3v) is 3.62. The first kappa shape index (κ1) is 13.3. The zero-order chi connectivity index (χ0) is 12.8. The molecule has 2 N–H and O–H groups in total. The highest BCUT2D eigenvalue weighted by Gasteiger charge is 2.18. The third kappa shape index (κ3) is 3.70. The van der Waals surface area contributed by atoms with Crippen LogP contribution in [0.4, 0.5) is 4.39 Å². The maximum atomic E-state index is 13.8. The van der Waals surface area contributed by atoms with Gasteiger partial charge in [0, 0.05) is 0 Å². The van der Waals surface area contributed by atoms with Crippen LogP contribution in [0.25, 0.3) is 0 Å². The molecule has 18 heavy (non-hydrogen) atoms. The highest BCUT2D eigenvalue weighted by Crippen LogP contribution is 2.28. The lowest BCUT2D eigenvalue weighted by Gasteiger charge is -2.25. The van der Waals surface area contributed by atoms with Gasteiger partial charge in [-0.15, -0.1) is 0 Å². The van der Waals surface area contributed by atoms with Gasteiger partial charge in [-0.1, -0.05) is 12.5 Å². The van der Waals surface area contributed by atoms with Crippen molar-refractivity contribution in [3.8, 4) is 5.75 Å². The standard InChI is InChI=1S/C15H22FNO/c16-14-10-12(4-1-2-9-17)7-8-15(14)18-11-13-5-3-6-13/h7-8,10,13H,1-6,9,11,17H2. The Morgan fingerprint density at radius 1 is 1.28 bits per heavy atom. The summed E-state index contributed by atoms with van der Waals surface area (Å²) in [4.78, 5) is 0. The van der Waals surface area contributed by atoms with Crippen molar-refractivity contribution in [1.82, 2.24) is 0 Å². The third-order valence-electron chi connectivity index (χ3n) is 3.62. The van der Waals surface area contributed by atoms with E-state index in [4.69, 9.17) is 10.5 Å². The smallest absolute Gasteiger partial charge is 0.165 e. The highest BCUT2D eigenvalue weighted by molar-refractivity contribution is 5.29. The maximum absolute atomic E-state index is 13.8. The molecule has 0 amide bonds. The molecule has 2 rings (SSSR count). The molecule has 3 heteroatoms. The van der Waals surface area contributed by atoms with E-state index in [0.717, 1.165) is 24.8 Å². The van der Waals surface area contributed by atoms with Gasteiger partial charge in [-0.3, -0.25) is 0 Å². The molecule has 0 spiro atoms. The van der Waals surface area contributed by atoms with Crippen molar-refractivity contribution in [3.63, 3.8) is 0 Å². The molecule has 1 aliphatic carbocycles. The van der Waals surface area contributed by atoms with Gasteiger partial charge < -0.3 is 10.5 Å². The largest absolute Gasteiger partial charge is 0.490 e. The predicted octanol–water partition coefficient (Wildman–Crippen LogP) is 3.29. The molecule has 1 fully saturated rings. The lowest BCUT2D eigenvalue weighted by Crippen LogP contribution is -2.19. The van der Waals surface area contributed by atoms with E-state index in [1.807, 2.05) is 6.07 Å². The topological polar surface area (TPSA) is 35.2 Å². The van der Waals surface area contributed by atoms with Crippen molar-refractivity contribution in [2.24, 2.45) is 11.7 Å². The first-order valence-electron chi connectivity index (χ1n) is 6.91. The van der Waals surface area contributed by atoms with Crippen molar-refractivity contribution < 1.29 is 9.13 Å². The van der Waals surface area contributed by atoms with Crippen LogP contribution in [-0.4, -0.2) is 13.2 Å². The fourth-order valence-electron chi connectivity index (χ4n) is 2.16. The molecule has 1 saturated carbocycles. The molecule has 0 aliphatic heterocycles. The lowest BCUT2D eigenvalue weighted by molar-refractivity contribution is 0.175. The van der Waals surface area contributed by atoms with Gasteiger partial charge in [-0.05, 0) is 62.3 Å². The normalized spacial score (nSPS) is 15.4. The molecule has 0 unspecified atom stereocenters. The zero-order valence-corrected chi connectivity index (χ0v) is 10.8. The Morgan fingerprint density at radius 3 is 2.72 bits per heavy atom. The van der Waals surface area contributed by atoms with Crippen LogP contribution in [0.3, 0.4) is 0 Å². The summed E-state index contributed by atoms with van der Waals surface area (Å²) < 4.78 is 19.3. The zero-order valence-electron chi connectivity index (χ0n) is 10.8. The number of benzene rings is 1. The van der Waals surface area contributed by atoms with Gasteiger partial charge in [0.2, 0.25) is 0 Å². The van der Waals surface area contributed by atoms with Crippen LogP contribution >= 0.6 is 0 Å². The average Bonchev–Trinajstić information content (AvgIpc) is 2.30. The van der Waals surface area contributed by atoms with Gasteiger partial charge in [-0.2, -0.15) is 0 Å². The van der Waals surface area contributed by atoms with Crippen molar-refractivity contribution in [1.29, 1.82) is 0 Å². The summed E-state index contributed by atoms with van der Waals surface area (Å²) in [6.07, 6.45) is 6.62. The Morgan fingerprint density at radius 2 is 2.11 bits per heavy atom. The molecule has 0 atom stereocenters. The molecule has 0 aromatic heterocycles. The van der Waals surface area contributed by atoms with E-state index < -0.39 is 0 Å². The van der Waals surface area contributed by atoms with Gasteiger partial charge >= 0.3 is 0 Å². The van der Waals surface area contributed by atoms with E-state index in [2.05, 4.69) is 0 Å². The minimum Gasteiger partial charge on any atom is -0.490 e. The number of nitrogens with two attached hydrogens (primary N) is 1. The molecule has 1 aromatic rings. The molecule has 100 valence electrons. The molecule has 0 heterocycles. The maximum Gasteiger partial charge on any atom is 0.165 e. The second-order valence-corrected chi connectivity index (χ2v) is 5.12. The first-order chi connectivity index (χ1) is 8.79. The first-order valence-corrected chi connectivity index (χ1v) is 6.91. The molecule has 0 saturated heterocycles.